The highest BCUT2D eigenvalue weighted by molar-refractivity contribution is 7.86. The van der Waals surface area contributed by atoms with Gasteiger partial charge < -0.3 is 24.8 Å². The van der Waals surface area contributed by atoms with Crippen LogP contribution in [0.5, 0.6) is 5.75 Å². The number of nitrogens with zero attached hydrogens (tertiary/aromatic N) is 4. The fraction of sp³-hybridized carbons (Fsp3) is 0.387. The average molecular weight is 609 g/mol. The number of hydrogen-bond donors (Lipinski definition) is 2. The minimum absolute atomic E-state index is 0.0256. The Morgan fingerprint density at radius 3 is 2.65 bits per heavy atom. The van der Waals surface area contributed by atoms with Gasteiger partial charge >= 0.3 is 0 Å². The van der Waals surface area contributed by atoms with Crippen molar-refractivity contribution in [3.8, 4) is 28.3 Å². The Balaban J connectivity index is 1.52. The number of hydrogen-bond acceptors (Lipinski definition) is 8. The number of rotatable bonds is 10. The van der Waals surface area contributed by atoms with E-state index in [2.05, 4.69) is 14.6 Å². The van der Waals surface area contributed by atoms with Crippen molar-refractivity contribution >= 4 is 39.2 Å². The van der Waals surface area contributed by atoms with Crippen LogP contribution in [0.1, 0.15) is 32.1 Å². The summed E-state index contributed by atoms with van der Waals surface area (Å²) in [6.07, 6.45) is 5.84. The summed E-state index contributed by atoms with van der Waals surface area (Å²) in [7, 11) is -1.61. The molecule has 0 bridgehead atoms. The van der Waals surface area contributed by atoms with Crippen molar-refractivity contribution in [3.05, 3.63) is 54.5 Å². The van der Waals surface area contributed by atoms with Crippen LogP contribution in [0.15, 0.2) is 48.7 Å². The number of pyridine rings is 1. The quantitative estimate of drug-likeness (QED) is 0.237. The third-order valence-electron chi connectivity index (χ3n) is 7.69. The number of halogens is 2. The topological polar surface area (TPSA) is 115 Å². The van der Waals surface area contributed by atoms with Crippen LogP contribution >= 0.6 is 0 Å². The van der Waals surface area contributed by atoms with E-state index in [1.807, 2.05) is 18.2 Å². The van der Waals surface area contributed by atoms with Crippen LogP contribution in [-0.4, -0.2) is 64.0 Å². The van der Waals surface area contributed by atoms with Crippen LogP contribution in [0.2, 0.25) is 0 Å². The molecule has 12 heteroatoms. The molecule has 2 aromatic carbocycles. The van der Waals surface area contributed by atoms with Gasteiger partial charge in [0.25, 0.3) is 0 Å². The first kappa shape index (κ1) is 29.2. The second-order valence-electron chi connectivity index (χ2n) is 10.7. The van der Waals surface area contributed by atoms with E-state index in [-0.39, 0.29) is 24.0 Å². The predicted molar refractivity (Wildman–Crippen MR) is 166 cm³/mol. The van der Waals surface area contributed by atoms with Crippen LogP contribution in [-0.2, 0) is 15.7 Å². The summed E-state index contributed by atoms with van der Waals surface area (Å²) in [5.74, 6) is 1.66. The summed E-state index contributed by atoms with van der Waals surface area (Å²) < 4.78 is 55.8. The molecule has 0 radical (unpaired) electrons. The van der Waals surface area contributed by atoms with Gasteiger partial charge in [-0.25, -0.2) is 23.6 Å². The summed E-state index contributed by atoms with van der Waals surface area (Å²) in [6.45, 7) is 1.79. The number of morpholine rings is 1. The molecule has 2 fully saturated rings. The summed E-state index contributed by atoms with van der Waals surface area (Å²) >= 11 is 0. The van der Waals surface area contributed by atoms with Crippen molar-refractivity contribution in [1.29, 1.82) is 0 Å². The van der Waals surface area contributed by atoms with Crippen LogP contribution in [0, 0.1) is 5.82 Å². The number of benzene rings is 2. The molecule has 2 aliphatic rings. The zero-order chi connectivity index (χ0) is 29.8. The molecule has 1 saturated carbocycles. The first-order chi connectivity index (χ1) is 21.0. The van der Waals surface area contributed by atoms with E-state index in [4.69, 9.17) is 25.2 Å². The van der Waals surface area contributed by atoms with Crippen LogP contribution in [0.25, 0.3) is 33.4 Å². The van der Waals surface area contributed by atoms with Gasteiger partial charge in [0, 0.05) is 41.6 Å². The van der Waals surface area contributed by atoms with Gasteiger partial charge in [-0.05, 0) is 68.0 Å². The number of alkyl halides is 1. The van der Waals surface area contributed by atoms with Crippen molar-refractivity contribution in [1.82, 2.24) is 15.0 Å². The van der Waals surface area contributed by atoms with Gasteiger partial charge in [0.05, 0.1) is 31.7 Å². The SMILES string of the molecule is Nc1ccc(-c2nc(N3CCOCC3)c3cc(-c4cccc(NS(=O)CCCF)c4F)cc(OC4CCCC4)c3n2)cn1. The maximum atomic E-state index is 16.0. The van der Waals surface area contributed by atoms with E-state index in [9.17, 15) is 8.60 Å². The maximum absolute atomic E-state index is 16.0. The third-order valence-corrected chi connectivity index (χ3v) is 8.80. The van der Waals surface area contributed by atoms with Crippen LogP contribution < -0.4 is 20.1 Å². The standard InChI is InChI=1S/C31H34F2N6O3S/c32-11-4-16-43(40)38-25-8-3-7-23(28(25)33)21-17-24-29(26(18-21)42-22-5-1-2-6-22)36-30(20-9-10-27(34)35-19-20)37-31(24)39-12-14-41-15-13-39/h3,7-10,17-19,22,38H,1-2,4-6,11-16H2,(H2,34,35). The monoisotopic (exact) mass is 608 g/mol. The van der Waals surface area contributed by atoms with Crippen LogP contribution in [0.3, 0.4) is 0 Å². The first-order valence-corrected chi connectivity index (χ1v) is 15.9. The highest BCUT2D eigenvalue weighted by atomic mass is 32.2. The van der Waals surface area contributed by atoms with E-state index < -0.39 is 23.5 Å². The highest BCUT2D eigenvalue weighted by Gasteiger charge is 2.25. The van der Waals surface area contributed by atoms with Gasteiger partial charge in [-0.15, -0.1) is 0 Å². The third kappa shape index (κ3) is 6.54. The number of nitrogens with two attached hydrogens (primary N) is 1. The molecule has 1 unspecified atom stereocenters. The van der Waals surface area contributed by atoms with Gasteiger partial charge in [0.2, 0.25) is 0 Å². The fourth-order valence-electron chi connectivity index (χ4n) is 5.49. The largest absolute Gasteiger partial charge is 0.488 e. The molecule has 0 amide bonds. The Labute approximate surface area is 251 Å². The Morgan fingerprint density at radius 2 is 1.91 bits per heavy atom. The lowest BCUT2D eigenvalue weighted by molar-refractivity contribution is 0.122. The molecular formula is C31H34F2N6O3S. The lowest BCUT2D eigenvalue weighted by Crippen LogP contribution is -2.37. The second-order valence-corrected chi connectivity index (χ2v) is 12.0. The predicted octanol–water partition coefficient (Wildman–Crippen LogP) is 5.67. The minimum atomic E-state index is -1.61. The van der Waals surface area contributed by atoms with Gasteiger partial charge in [0.15, 0.2) is 11.6 Å². The summed E-state index contributed by atoms with van der Waals surface area (Å²) in [5.41, 5.74) is 8.16. The Hall–Kier alpha value is -3.90. The number of ether oxygens (including phenoxy) is 2. The molecule has 9 nitrogen and oxygen atoms in total. The summed E-state index contributed by atoms with van der Waals surface area (Å²) in [6, 6.07) is 12.2. The zero-order valence-corrected chi connectivity index (χ0v) is 24.5. The molecule has 2 aromatic heterocycles. The lowest BCUT2D eigenvalue weighted by atomic mass is 10.0. The zero-order valence-electron chi connectivity index (χ0n) is 23.7. The molecule has 4 aromatic rings. The van der Waals surface area contributed by atoms with Crippen LogP contribution in [0.4, 0.5) is 26.1 Å². The molecule has 0 spiro atoms. The molecule has 6 rings (SSSR count). The van der Waals surface area contributed by atoms with E-state index >= 15 is 4.39 Å². The summed E-state index contributed by atoms with van der Waals surface area (Å²) in [4.78, 5) is 16.3. The molecular weight excluding hydrogens is 574 g/mol. The molecule has 1 saturated heterocycles. The number of anilines is 3. The first-order valence-electron chi connectivity index (χ1n) is 14.6. The molecule has 1 aliphatic heterocycles. The van der Waals surface area contributed by atoms with Crippen molar-refractivity contribution in [3.63, 3.8) is 0 Å². The van der Waals surface area contributed by atoms with Gasteiger partial charge in [-0.3, -0.25) is 4.39 Å². The Kier molecular flexibility index (Phi) is 8.94. The van der Waals surface area contributed by atoms with Gasteiger partial charge in [0.1, 0.15) is 33.9 Å². The minimum Gasteiger partial charge on any atom is -0.488 e. The second kappa shape index (κ2) is 13.2. The van der Waals surface area contributed by atoms with E-state index in [1.165, 1.54) is 6.07 Å². The van der Waals surface area contributed by atoms with Crippen molar-refractivity contribution < 1.29 is 22.5 Å². The maximum Gasteiger partial charge on any atom is 0.163 e. The Morgan fingerprint density at radius 1 is 1.09 bits per heavy atom. The van der Waals surface area contributed by atoms with Crippen molar-refractivity contribution in [2.24, 2.45) is 0 Å². The molecule has 226 valence electrons. The molecule has 1 aliphatic carbocycles. The van der Waals surface area contributed by atoms with Gasteiger partial charge in [-0.1, -0.05) is 12.1 Å². The fourth-order valence-corrected chi connectivity index (χ4v) is 6.37. The smallest absolute Gasteiger partial charge is 0.163 e. The molecule has 43 heavy (non-hydrogen) atoms. The molecule has 1 atom stereocenters. The molecule has 3 heterocycles. The number of aromatic nitrogens is 3. The van der Waals surface area contributed by atoms with E-state index in [0.717, 1.165) is 31.1 Å². The van der Waals surface area contributed by atoms with E-state index in [0.29, 0.717) is 71.7 Å². The summed E-state index contributed by atoms with van der Waals surface area (Å²) in [5, 5.41) is 0.726. The molecule has 3 N–H and O–H groups in total. The van der Waals surface area contributed by atoms with E-state index in [1.54, 1.807) is 24.4 Å². The number of nitrogen functional groups attached to an aromatic ring is 1. The highest BCUT2D eigenvalue weighted by Crippen LogP contribution is 2.40. The van der Waals surface area contributed by atoms with Crippen molar-refractivity contribution in [2.45, 2.75) is 38.2 Å². The Bertz CT molecular complexity index is 1610. The lowest BCUT2D eigenvalue weighted by Gasteiger charge is -2.29. The number of nitrogens with one attached hydrogen (secondary N) is 1. The average Bonchev–Trinajstić information content (AvgIpc) is 3.54. The number of fused-ring (bicyclic) bond motifs is 1. The normalized spacial score (nSPS) is 16.5. The van der Waals surface area contributed by atoms with Crippen molar-refractivity contribution in [2.75, 3.05) is 54.1 Å². The van der Waals surface area contributed by atoms with Gasteiger partial charge in [-0.2, -0.15) is 0 Å².